The fourth-order valence-corrected chi connectivity index (χ4v) is 1.75. The molecule has 0 saturated carbocycles. The van der Waals surface area contributed by atoms with Gasteiger partial charge in [-0.15, -0.1) is 0 Å². The highest BCUT2D eigenvalue weighted by molar-refractivity contribution is 6.33. The topological polar surface area (TPSA) is 57.5 Å². The van der Waals surface area contributed by atoms with E-state index in [1.165, 1.54) is 12.1 Å². The van der Waals surface area contributed by atoms with E-state index in [-0.39, 0.29) is 16.3 Å². The molecule has 0 unspecified atom stereocenters. The summed E-state index contributed by atoms with van der Waals surface area (Å²) in [5.74, 6) is -0.939. The van der Waals surface area contributed by atoms with Crippen LogP contribution in [0, 0.1) is 0 Å². The van der Waals surface area contributed by atoms with E-state index < -0.39 is 5.97 Å². The van der Waals surface area contributed by atoms with Gasteiger partial charge >= 0.3 is 5.97 Å². The number of hydrogen-bond acceptors (Lipinski definition) is 2. The van der Waals surface area contributed by atoms with Gasteiger partial charge in [-0.05, 0) is 35.4 Å². The van der Waals surface area contributed by atoms with Crippen molar-refractivity contribution in [1.29, 1.82) is 0 Å². The summed E-state index contributed by atoms with van der Waals surface area (Å²) in [7, 11) is 0. The first kappa shape index (κ1) is 11.5. The molecule has 0 aliphatic rings. The van der Waals surface area contributed by atoms with E-state index in [1.807, 2.05) is 0 Å². The average molecular weight is 249 g/mol. The van der Waals surface area contributed by atoms with Crippen LogP contribution in [-0.4, -0.2) is 16.2 Å². The molecule has 0 fully saturated rings. The van der Waals surface area contributed by atoms with Gasteiger partial charge in [0.1, 0.15) is 5.75 Å². The molecule has 0 radical (unpaired) electrons. The highest BCUT2D eigenvalue weighted by Crippen LogP contribution is 2.27. The largest absolute Gasteiger partial charge is 0.508 e. The molecule has 0 aliphatic heterocycles. The van der Waals surface area contributed by atoms with E-state index in [9.17, 15) is 9.90 Å². The van der Waals surface area contributed by atoms with E-state index in [4.69, 9.17) is 16.7 Å². The third-order valence-electron chi connectivity index (χ3n) is 2.38. The van der Waals surface area contributed by atoms with Crippen molar-refractivity contribution in [2.75, 3.05) is 0 Å². The van der Waals surface area contributed by atoms with Crippen molar-refractivity contribution in [1.82, 2.24) is 0 Å². The lowest BCUT2D eigenvalue weighted by Gasteiger charge is -2.05. The number of benzene rings is 2. The Morgan fingerprint density at radius 1 is 1.06 bits per heavy atom. The number of phenols is 1. The number of aromatic hydroxyl groups is 1. The summed E-state index contributed by atoms with van der Waals surface area (Å²) in [5, 5.41) is 18.5. The lowest BCUT2D eigenvalue weighted by Crippen LogP contribution is -1.97. The van der Waals surface area contributed by atoms with Gasteiger partial charge in [0.2, 0.25) is 0 Å². The second-order valence-electron chi connectivity index (χ2n) is 3.55. The normalized spacial score (nSPS) is 10.2. The Hall–Kier alpha value is -2.00. The second kappa shape index (κ2) is 4.47. The highest BCUT2D eigenvalue weighted by Gasteiger charge is 2.10. The summed E-state index contributed by atoms with van der Waals surface area (Å²) in [6, 6.07) is 11.3. The Labute approximate surface area is 103 Å². The summed E-state index contributed by atoms with van der Waals surface area (Å²) in [4.78, 5) is 10.9. The maximum Gasteiger partial charge on any atom is 0.337 e. The van der Waals surface area contributed by atoms with Gasteiger partial charge in [-0.2, -0.15) is 0 Å². The summed E-state index contributed by atoms with van der Waals surface area (Å²) in [6.07, 6.45) is 0. The molecule has 86 valence electrons. The number of rotatable bonds is 2. The van der Waals surface area contributed by atoms with Crippen LogP contribution < -0.4 is 0 Å². The molecule has 0 atom stereocenters. The maximum absolute atomic E-state index is 10.9. The van der Waals surface area contributed by atoms with Crippen molar-refractivity contribution in [3.8, 4) is 16.9 Å². The summed E-state index contributed by atoms with van der Waals surface area (Å²) in [5.41, 5.74) is 1.49. The molecule has 2 rings (SSSR count). The lowest BCUT2D eigenvalue weighted by atomic mass is 10.0. The van der Waals surface area contributed by atoms with E-state index in [1.54, 1.807) is 30.3 Å². The van der Waals surface area contributed by atoms with Crippen LogP contribution in [0.5, 0.6) is 5.75 Å². The van der Waals surface area contributed by atoms with E-state index in [2.05, 4.69) is 0 Å². The van der Waals surface area contributed by atoms with Gasteiger partial charge in [-0.3, -0.25) is 0 Å². The van der Waals surface area contributed by atoms with Crippen molar-refractivity contribution in [2.45, 2.75) is 0 Å². The van der Waals surface area contributed by atoms with Crippen LogP contribution in [0.1, 0.15) is 10.4 Å². The van der Waals surface area contributed by atoms with Crippen LogP contribution in [0.25, 0.3) is 11.1 Å². The molecule has 4 heteroatoms. The predicted molar refractivity (Wildman–Crippen MR) is 65.5 cm³/mol. The lowest BCUT2D eigenvalue weighted by molar-refractivity contribution is 0.0697. The fraction of sp³-hybridized carbons (Fsp3) is 0. The van der Waals surface area contributed by atoms with Gasteiger partial charge in [0.15, 0.2) is 0 Å². The number of carboxylic acid groups (broad SMARTS) is 1. The van der Waals surface area contributed by atoms with Crippen molar-refractivity contribution in [3.63, 3.8) is 0 Å². The molecular weight excluding hydrogens is 240 g/mol. The van der Waals surface area contributed by atoms with Gasteiger partial charge in [0.05, 0.1) is 10.6 Å². The Bertz CT molecular complexity index is 579. The zero-order valence-corrected chi connectivity index (χ0v) is 9.48. The standard InChI is InChI=1S/C13H9ClO3/c14-12-5-4-9(7-11(12)13(16)17)8-2-1-3-10(15)6-8/h1-7,15H,(H,16,17). The molecule has 0 aromatic heterocycles. The van der Waals surface area contributed by atoms with Crippen molar-refractivity contribution in [2.24, 2.45) is 0 Å². The number of hydrogen-bond donors (Lipinski definition) is 2. The smallest absolute Gasteiger partial charge is 0.337 e. The number of halogens is 1. The molecule has 2 aromatic rings. The number of aromatic carboxylic acids is 1. The second-order valence-corrected chi connectivity index (χ2v) is 3.96. The quantitative estimate of drug-likeness (QED) is 0.856. The van der Waals surface area contributed by atoms with Gasteiger partial charge in [-0.25, -0.2) is 4.79 Å². The van der Waals surface area contributed by atoms with Crippen LogP contribution in [0.15, 0.2) is 42.5 Å². The van der Waals surface area contributed by atoms with Crippen molar-refractivity contribution < 1.29 is 15.0 Å². The van der Waals surface area contributed by atoms with Crippen LogP contribution in [0.2, 0.25) is 5.02 Å². The van der Waals surface area contributed by atoms with Crippen LogP contribution in [-0.2, 0) is 0 Å². The minimum absolute atomic E-state index is 0.0486. The van der Waals surface area contributed by atoms with Crippen LogP contribution >= 0.6 is 11.6 Å². The number of carboxylic acids is 1. The van der Waals surface area contributed by atoms with Crippen LogP contribution in [0.4, 0.5) is 0 Å². The monoisotopic (exact) mass is 248 g/mol. The molecule has 0 aliphatic carbocycles. The van der Waals surface area contributed by atoms with Crippen LogP contribution in [0.3, 0.4) is 0 Å². The van der Waals surface area contributed by atoms with Gasteiger partial charge in [0, 0.05) is 0 Å². The molecule has 17 heavy (non-hydrogen) atoms. The third kappa shape index (κ3) is 2.40. The maximum atomic E-state index is 10.9. The molecule has 0 heterocycles. The zero-order chi connectivity index (χ0) is 12.4. The predicted octanol–water partition coefficient (Wildman–Crippen LogP) is 3.41. The van der Waals surface area contributed by atoms with Gasteiger partial charge in [0.25, 0.3) is 0 Å². The zero-order valence-electron chi connectivity index (χ0n) is 8.72. The van der Waals surface area contributed by atoms with E-state index in [0.717, 1.165) is 5.56 Å². The molecule has 3 nitrogen and oxygen atoms in total. The molecule has 0 saturated heterocycles. The fourth-order valence-electron chi connectivity index (χ4n) is 1.55. The Balaban J connectivity index is 2.54. The first-order chi connectivity index (χ1) is 8.08. The van der Waals surface area contributed by atoms with Gasteiger partial charge < -0.3 is 10.2 Å². The molecular formula is C13H9ClO3. The molecule has 0 bridgehead atoms. The number of phenolic OH excluding ortho intramolecular Hbond substituents is 1. The van der Waals surface area contributed by atoms with E-state index >= 15 is 0 Å². The molecule has 2 aromatic carbocycles. The Kier molecular flexibility index (Phi) is 3.02. The Morgan fingerprint density at radius 3 is 2.41 bits per heavy atom. The molecule has 0 spiro atoms. The third-order valence-corrected chi connectivity index (χ3v) is 2.71. The van der Waals surface area contributed by atoms with Gasteiger partial charge in [-0.1, -0.05) is 29.8 Å². The minimum atomic E-state index is -1.07. The summed E-state index contributed by atoms with van der Waals surface area (Å²) >= 11 is 5.78. The summed E-state index contributed by atoms with van der Waals surface area (Å²) < 4.78 is 0. The van der Waals surface area contributed by atoms with Crippen molar-refractivity contribution in [3.05, 3.63) is 53.1 Å². The number of carbonyl (C=O) groups is 1. The van der Waals surface area contributed by atoms with E-state index in [0.29, 0.717) is 5.56 Å². The SMILES string of the molecule is O=C(O)c1cc(-c2cccc(O)c2)ccc1Cl. The van der Waals surface area contributed by atoms with Crippen molar-refractivity contribution >= 4 is 17.6 Å². The average Bonchev–Trinajstić information content (AvgIpc) is 2.29. The Morgan fingerprint density at radius 2 is 1.76 bits per heavy atom. The highest BCUT2D eigenvalue weighted by atomic mass is 35.5. The summed E-state index contributed by atoms with van der Waals surface area (Å²) in [6.45, 7) is 0. The molecule has 0 amide bonds. The first-order valence-corrected chi connectivity index (χ1v) is 5.28. The molecule has 2 N–H and O–H groups in total. The first-order valence-electron chi connectivity index (χ1n) is 4.90. The minimum Gasteiger partial charge on any atom is -0.508 e.